The summed E-state index contributed by atoms with van der Waals surface area (Å²) in [6.45, 7) is 0. The number of nitrogens with one attached hydrogen (secondary N) is 2. The Balaban J connectivity index is 1.64. The molecule has 27 heavy (non-hydrogen) atoms. The van der Waals surface area contributed by atoms with Crippen LogP contribution in [0, 0.1) is 0 Å². The summed E-state index contributed by atoms with van der Waals surface area (Å²) in [6.07, 6.45) is 1.08. The number of carbonyl (C=O) groups excluding carboxylic acids is 1. The fraction of sp³-hybridized carbons (Fsp3) is 0.105. The van der Waals surface area contributed by atoms with Gasteiger partial charge in [0.15, 0.2) is 0 Å². The van der Waals surface area contributed by atoms with Crippen LogP contribution in [0.2, 0.25) is 5.02 Å². The lowest BCUT2D eigenvalue weighted by Crippen LogP contribution is -2.14. The van der Waals surface area contributed by atoms with Crippen molar-refractivity contribution in [1.29, 1.82) is 0 Å². The van der Waals surface area contributed by atoms with Gasteiger partial charge in [0.1, 0.15) is 0 Å². The summed E-state index contributed by atoms with van der Waals surface area (Å²) >= 11 is 7.72. The first kappa shape index (κ1) is 19.5. The highest BCUT2D eigenvalue weighted by Gasteiger charge is 2.09. The van der Waals surface area contributed by atoms with E-state index >= 15 is 0 Å². The van der Waals surface area contributed by atoms with Gasteiger partial charge in [-0.1, -0.05) is 35.9 Å². The number of carbonyl (C=O) groups is 1. The number of amides is 1. The third-order valence-electron chi connectivity index (χ3n) is 3.65. The number of hydrogen-bond donors (Lipinski definition) is 2. The average Bonchev–Trinajstić information content (AvgIpc) is 2.60. The summed E-state index contributed by atoms with van der Waals surface area (Å²) in [5, 5.41) is 5.42. The summed E-state index contributed by atoms with van der Waals surface area (Å²) in [5.74, 6) is 0.0705. The Hall–Kier alpha value is -2.22. The zero-order valence-electron chi connectivity index (χ0n) is 14.4. The van der Waals surface area contributed by atoms with Crippen LogP contribution in [0.25, 0.3) is 10.8 Å². The maximum atomic E-state index is 12.2. The molecule has 8 heteroatoms. The van der Waals surface area contributed by atoms with Crippen molar-refractivity contribution in [3.05, 3.63) is 65.7 Å². The zero-order chi connectivity index (χ0) is 19.4. The van der Waals surface area contributed by atoms with Crippen LogP contribution in [-0.2, 0) is 14.8 Å². The van der Waals surface area contributed by atoms with E-state index in [1.54, 1.807) is 24.3 Å². The number of halogens is 1. The Morgan fingerprint density at radius 2 is 1.63 bits per heavy atom. The van der Waals surface area contributed by atoms with Crippen LogP contribution in [0.5, 0.6) is 0 Å². The minimum Gasteiger partial charge on any atom is -0.325 e. The second-order valence-electron chi connectivity index (χ2n) is 5.88. The van der Waals surface area contributed by atoms with E-state index in [1.165, 1.54) is 11.8 Å². The highest BCUT2D eigenvalue weighted by atomic mass is 35.5. The maximum Gasteiger partial charge on any atom is 0.234 e. The molecule has 0 atom stereocenters. The lowest BCUT2D eigenvalue weighted by atomic mass is 10.1. The van der Waals surface area contributed by atoms with Gasteiger partial charge in [-0.2, -0.15) is 0 Å². The number of thioether (sulfide) groups is 1. The van der Waals surface area contributed by atoms with Crippen molar-refractivity contribution in [3.63, 3.8) is 0 Å². The fourth-order valence-corrected chi connectivity index (χ4v) is 4.37. The molecule has 2 N–H and O–H groups in total. The fourth-order valence-electron chi connectivity index (χ4n) is 2.56. The van der Waals surface area contributed by atoms with Gasteiger partial charge in [0.2, 0.25) is 15.9 Å². The lowest BCUT2D eigenvalue weighted by molar-refractivity contribution is -0.113. The van der Waals surface area contributed by atoms with E-state index in [9.17, 15) is 13.2 Å². The van der Waals surface area contributed by atoms with E-state index in [1.807, 2.05) is 36.4 Å². The summed E-state index contributed by atoms with van der Waals surface area (Å²) in [6, 6.07) is 18.0. The summed E-state index contributed by atoms with van der Waals surface area (Å²) in [5.41, 5.74) is 1.03. The van der Waals surface area contributed by atoms with Crippen LogP contribution >= 0.6 is 23.4 Å². The Labute approximate surface area is 167 Å². The smallest absolute Gasteiger partial charge is 0.234 e. The van der Waals surface area contributed by atoms with Gasteiger partial charge in [0, 0.05) is 26.7 Å². The van der Waals surface area contributed by atoms with Gasteiger partial charge in [0.05, 0.1) is 12.0 Å². The molecule has 0 aliphatic carbocycles. The normalized spacial score (nSPS) is 11.3. The second kappa shape index (κ2) is 8.21. The number of sulfonamides is 1. The van der Waals surface area contributed by atoms with Crippen molar-refractivity contribution in [2.75, 3.05) is 22.0 Å². The number of benzene rings is 3. The van der Waals surface area contributed by atoms with Crippen LogP contribution in [0.15, 0.2) is 65.6 Å². The van der Waals surface area contributed by atoms with E-state index in [0.717, 1.165) is 21.9 Å². The Morgan fingerprint density at radius 3 is 2.30 bits per heavy atom. The largest absolute Gasteiger partial charge is 0.325 e. The van der Waals surface area contributed by atoms with Gasteiger partial charge in [-0.25, -0.2) is 8.42 Å². The van der Waals surface area contributed by atoms with Gasteiger partial charge in [-0.3, -0.25) is 9.52 Å². The molecule has 5 nitrogen and oxygen atoms in total. The predicted octanol–water partition coefficient (Wildman–Crippen LogP) is 4.60. The second-order valence-corrected chi connectivity index (χ2v) is 9.06. The van der Waals surface area contributed by atoms with Crippen molar-refractivity contribution >= 4 is 61.4 Å². The van der Waals surface area contributed by atoms with Crippen molar-refractivity contribution in [1.82, 2.24) is 0 Å². The average molecular weight is 421 g/mol. The molecule has 0 bridgehead atoms. The molecular formula is C19H17ClN2O3S2. The van der Waals surface area contributed by atoms with Gasteiger partial charge in [-0.05, 0) is 41.8 Å². The van der Waals surface area contributed by atoms with Gasteiger partial charge >= 0.3 is 0 Å². The van der Waals surface area contributed by atoms with Gasteiger partial charge in [-0.15, -0.1) is 11.8 Å². The molecule has 3 aromatic carbocycles. The van der Waals surface area contributed by atoms with Crippen molar-refractivity contribution in [2.45, 2.75) is 4.90 Å². The topological polar surface area (TPSA) is 75.3 Å². The monoisotopic (exact) mass is 420 g/mol. The number of fused-ring (bicyclic) bond motifs is 1. The molecule has 0 aliphatic rings. The van der Waals surface area contributed by atoms with Gasteiger partial charge < -0.3 is 5.32 Å². The molecule has 0 aromatic heterocycles. The highest BCUT2D eigenvalue weighted by Crippen LogP contribution is 2.33. The molecule has 0 aliphatic heterocycles. The summed E-state index contributed by atoms with van der Waals surface area (Å²) in [4.78, 5) is 13.2. The molecule has 0 spiro atoms. The van der Waals surface area contributed by atoms with Crippen LogP contribution in [0.1, 0.15) is 0 Å². The Morgan fingerprint density at radius 1 is 1.00 bits per heavy atom. The molecular weight excluding hydrogens is 404 g/mol. The molecule has 0 fully saturated rings. The molecule has 0 heterocycles. The zero-order valence-corrected chi connectivity index (χ0v) is 16.8. The third kappa shape index (κ3) is 5.38. The predicted molar refractivity (Wildman–Crippen MR) is 113 cm³/mol. The SMILES string of the molecule is CS(=O)(=O)Nc1ccc(NC(=O)CSc2cccc3cccc(Cl)c23)cc1. The maximum absolute atomic E-state index is 12.2. The Bertz CT molecular complexity index is 1080. The first-order valence-electron chi connectivity index (χ1n) is 7.99. The third-order valence-corrected chi connectivity index (χ3v) is 5.63. The van der Waals surface area contributed by atoms with Crippen molar-refractivity contribution < 1.29 is 13.2 Å². The van der Waals surface area contributed by atoms with Crippen molar-refractivity contribution in [3.8, 4) is 0 Å². The number of anilines is 2. The van der Waals surface area contributed by atoms with Crippen LogP contribution in [0.3, 0.4) is 0 Å². The Kier molecular flexibility index (Phi) is 5.94. The van der Waals surface area contributed by atoms with Crippen LogP contribution < -0.4 is 10.0 Å². The first-order chi connectivity index (χ1) is 12.8. The standard InChI is InChI=1S/C19H17ClN2O3S2/c1-27(24,25)22-15-10-8-14(9-11-15)21-18(23)12-26-17-7-3-5-13-4-2-6-16(20)19(13)17/h2-11,22H,12H2,1H3,(H,21,23). The quantitative estimate of drug-likeness (QED) is 0.571. The van der Waals surface area contributed by atoms with Crippen LogP contribution in [0.4, 0.5) is 11.4 Å². The molecule has 3 aromatic rings. The van der Waals surface area contributed by atoms with E-state index < -0.39 is 10.0 Å². The summed E-state index contributed by atoms with van der Waals surface area (Å²) < 4.78 is 24.8. The lowest BCUT2D eigenvalue weighted by Gasteiger charge is -2.09. The van der Waals surface area contributed by atoms with Crippen LogP contribution in [-0.4, -0.2) is 26.3 Å². The molecule has 0 saturated carbocycles. The number of hydrogen-bond acceptors (Lipinski definition) is 4. The molecule has 0 radical (unpaired) electrons. The number of rotatable bonds is 6. The van der Waals surface area contributed by atoms with E-state index in [-0.39, 0.29) is 11.7 Å². The van der Waals surface area contributed by atoms with E-state index in [2.05, 4.69) is 10.0 Å². The van der Waals surface area contributed by atoms with E-state index in [0.29, 0.717) is 16.4 Å². The van der Waals surface area contributed by atoms with Gasteiger partial charge in [0.25, 0.3) is 0 Å². The molecule has 1 amide bonds. The molecule has 0 saturated heterocycles. The first-order valence-corrected chi connectivity index (χ1v) is 11.2. The molecule has 3 rings (SSSR count). The molecule has 140 valence electrons. The minimum atomic E-state index is -3.33. The minimum absolute atomic E-state index is 0.159. The van der Waals surface area contributed by atoms with Crippen molar-refractivity contribution in [2.24, 2.45) is 0 Å². The van der Waals surface area contributed by atoms with E-state index in [4.69, 9.17) is 11.6 Å². The highest BCUT2D eigenvalue weighted by molar-refractivity contribution is 8.00. The summed E-state index contributed by atoms with van der Waals surface area (Å²) in [7, 11) is -3.33. The molecule has 0 unspecified atom stereocenters.